The number of hydrogen-bond donors (Lipinski definition) is 0. The minimum absolute atomic E-state index is 0.198. The highest BCUT2D eigenvalue weighted by molar-refractivity contribution is 7.57. The SMILES string of the molecule is CCOC(=O)[C@]1(P(=O)(OCC)OCC)C[C@H]1c1ccccc1. The molecular weight excluding hydrogens is 303 g/mol. The van der Waals surface area contributed by atoms with Gasteiger partial charge in [-0.05, 0) is 32.8 Å². The second kappa shape index (κ2) is 6.95. The van der Waals surface area contributed by atoms with Crippen LogP contribution in [-0.2, 0) is 23.1 Å². The quantitative estimate of drug-likeness (QED) is 0.538. The van der Waals surface area contributed by atoms with E-state index in [2.05, 4.69) is 0 Å². The van der Waals surface area contributed by atoms with E-state index in [0.29, 0.717) is 6.42 Å². The van der Waals surface area contributed by atoms with Gasteiger partial charge in [0.05, 0.1) is 19.8 Å². The number of carbonyl (C=O) groups is 1. The first kappa shape index (κ1) is 17.2. The Morgan fingerprint density at radius 2 is 1.73 bits per heavy atom. The number of hydrogen-bond acceptors (Lipinski definition) is 5. The molecule has 0 aliphatic heterocycles. The fourth-order valence-corrected chi connectivity index (χ4v) is 5.28. The van der Waals surface area contributed by atoms with E-state index in [1.54, 1.807) is 20.8 Å². The third-order valence-corrected chi connectivity index (χ3v) is 6.70. The molecule has 1 aliphatic carbocycles. The Morgan fingerprint density at radius 3 is 2.23 bits per heavy atom. The van der Waals surface area contributed by atoms with Crippen LogP contribution in [0.4, 0.5) is 0 Å². The highest BCUT2D eigenvalue weighted by Gasteiger charge is 2.74. The Balaban J connectivity index is 2.40. The molecule has 22 heavy (non-hydrogen) atoms. The summed E-state index contributed by atoms with van der Waals surface area (Å²) in [6.07, 6.45) is 0.424. The predicted molar refractivity (Wildman–Crippen MR) is 84.0 cm³/mol. The molecule has 1 fully saturated rings. The van der Waals surface area contributed by atoms with Gasteiger partial charge in [0.1, 0.15) is 0 Å². The van der Waals surface area contributed by atoms with Crippen molar-refractivity contribution in [3.8, 4) is 0 Å². The zero-order chi connectivity index (χ0) is 16.2. The van der Waals surface area contributed by atoms with Crippen LogP contribution in [0.5, 0.6) is 0 Å². The average Bonchev–Trinajstić information content (AvgIpc) is 3.26. The Labute approximate surface area is 131 Å². The molecule has 0 radical (unpaired) electrons. The van der Waals surface area contributed by atoms with Crippen LogP contribution in [0, 0.1) is 0 Å². The highest BCUT2D eigenvalue weighted by atomic mass is 31.2. The van der Waals surface area contributed by atoms with Crippen molar-refractivity contribution in [2.24, 2.45) is 0 Å². The summed E-state index contributed by atoms with van der Waals surface area (Å²) in [5, 5.41) is -1.21. The molecule has 2 rings (SSSR count). The lowest BCUT2D eigenvalue weighted by Crippen LogP contribution is -2.29. The van der Waals surface area contributed by atoms with Gasteiger partial charge in [-0.15, -0.1) is 0 Å². The van der Waals surface area contributed by atoms with E-state index < -0.39 is 18.7 Å². The predicted octanol–water partition coefficient (Wildman–Crippen LogP) is 3.74. The summed E-state index contributed by atoms with van der Waals surface area (Å²) in [6, 6.07) is 9.55. The maximum absolute atomic E-state index is 13.3. The molecule has 2 atom stereocenters. The summed E-state index contributed by atoms with van der Waals surface area (Å²) in [6.45, 7) is 5.90. The van der Waals surface area contributed by atoms with Gasteiger partial charge in [0.25, 0.3) is 0 Å². The Hall–Kier alpha value is -1.16. The molecular formula is C16H23O5P. The average molecular weight is 326 g/mol. The minimum Gasteiger partial charge on any atom is -0.465 e. The van der Waals surface area contributed by atoms with Gasteiger partial charge in [-0.1, -0.05) is 30.3 Å². The largest absolute Gasteiger partial charge is 0.465 e. The molecule has 0 bridgehead atoms. The first-order valence-electron chi connectivity index (χ1n) is 7.67. The Kier molecular flexibility index (Phi) is 5.43. The van der Waals surface area contributed by atoms with E-state index in [1.807, 2.05) is 30.3 Å². The lowest BCUT2D eigenvalue weighted by molar-refractivity contribution is -0.144. The second-order valence-electron chi connectivity index (χ2n) is 5.15. The molecule has 1 aromatic rings. The van der Waals surface area contributed by atoms with E-state index in [-0.39, 0.29) is 25.7 Å². The molecule has 0 unspecified atom stereocenters. The molecule has 6 heteroatoms. The van der Waals surface area contributed by atoms with Gasteiger partial charge in [-0.2, -0.15) is 0 Å². The summed E-state index contributed by atoms with van der Waals surface area (Å²) in [5.41, 5.74) is 0.954. The number of benzene rings is 1. The molecule has 5 nitrogen and oxygen atoms in total. The van der Waals surface area contributed by atoms with Crippen molar-refractivity contribution >= 4 is 13.6 Å². The first-order chi connectivity index (χ1) is 10.6. The third-order valence-electron chi connectivity index (χ3n) is 3.85. The summed E-state index contributed by atoms with van der Waals surface area (Å²) in [4.78, 5) is 12.6. The molecule has 0 spiro atoms. The summed E-state index contributed by atoms with van der Waals surface area (Å²) < 4.78 is 29.3. The Bertz CT molecular complexity index is 549. The van der Waals surface area contributed by atoms with E-state index >= 15 is 0 Å². The van der Waals surface area contributed by atoms with E-state index in [0.717, 1.165) is 5.56 Å². The molecule has 1 aromatic carbocycles. The van der Waals surface area contributed by atoms with Gasteiger partial charge in [0, 0.05) is 5.92 Å². The monoisotopic (exact) mass is 326 g/mol. The van der Waals surface area contributed by atoms with Gasteiger partial charge in [0.15, 0.2) is 5.16 Å². The number of carbonyl (C=O) groups excluding carboxylic acids is 1. The fraction of sp³-hybridized carbons (Fsp3) is 0.562. The summed E-state index contributed by atoms with van der Waals surface area (Å²) >= 11 is 0. The first-order valence-corrected chi connectivity index (χ1v) is 9.21. The molecule has 0 heterocycles. The van der Waals surface area contributed by atoms with Crippen molar-refractivity contribution in [2.45, 2.75) is 38.3 Å². The van der Waals surface area contributed by atoms with Crippen LogP contribution in [0.25, 0.3) is 0 Å². The van der Waals surface area contributed by atoms with Crippen molar-refractivity contribution in [3.63, 3.8) is 0 Å². The van der Waals surface area contributed by atoms with Crippen LogP contribution in [0.15, 0.2) is 30.3 Å². The lowest BCUT2D eigenvalue weighted by Gasteiger charge is -2.25. The van der Waals surface area contributed by atoms with Crippen molar-refractivity contribution in [1.82, 2.24) is 0 Å². The summed E-state index contributed by atoms with van der Waals surface area (Å²) in [5.74, 6) is -0.689. The van der Waals surface area contributed by atoms with Crippen molar-refractivity contribution < 1.29 is 23.1 Å². The molecule has 0 aromatic heterocycles. The third kappa shape index (κ3) is 2.85. The molecule has 1 saturated carbocycles. The van der Waals surface area contributed by atoms with Gasteiger partial charge in [-0.25, -0.2) is 0 Å². The number of ether oxygens (including phenoxy) is 1. The van der Waals surface area contributed by atoms with Crippen LogP contribution in [0.2, 0.25) is 0 Å². The van der Waals surface area contributed by atoms with Crippen LogP contribution in [0.1, 0.15) is 38.7 Å². The van der Waals surface area contributed by atoms with Gasteiger partial charge >= 0.3 is 13.6 Å². The zero-order valence-electron chi connectivity index (χ0n) is 13.3. The maximum atomic E-state index is 13.3. The zero-order valence-corrected chi connectivity index (χ0v) is 14.2. The van der Waals surface area contributed by atoms with Crippen LogP contribution < -0.4 is 0 Å². The molecule has 122 valence electrons. The van der Waals surface area contributed by atoms with Crippen LogP contribution >= 0.6 is 7.60 Å². The maximum Gasteiger partial charge on any atom is 0.348 e. The van der Waals surface area contributed by atoms with Crippen molar-refractivity contribution in [1.29, 1.82) is 0 Å². The second-order valence-corrected chi connectivity index (χ2v) is 7.45. The van der Waals surface area contributed by atoms with Crippen molar-refractivity contribution in [3.05, 3.63) is 35.9 Å². The number of rotatable bonds is 8. The van der Waals surface area contributed by atoms with Crippen LogP contribution in [0.3, 0.4) is 0 Å². The molecule has 0 saturated heterocycles. The summed E-state index contributed by atoms with van der Waals surface area (Å²) in [7, 11) is -3.59. The number of esters is 1. The van der Waals surface area contributed by atoms with E-state index in [1.165, 1.54) is 0 Å². The van der Waals surface area contributed by atoms with Gasteiger partial charge in [-0.3, -0.25) is 9.36 Å². The highest BCUT2D eigenvalue weighted by Crippen LogP contribution is 2.77. The standard InChI is InChI=1S/C16H23O5P/c1-4-19-15(17)16(22(18,20-5-2)21-6-3)12-14(16)13-10-8-7-9-11-13/h7-11,14H,4-6,12H2,1-3H3/t14-,16-/m0/s1. The smallest absolute Gasteiger partial charge is 0.348 e. The van der Waals surface area contributed by atoms with E-state index in [4.69, 9.17) is 13.8 Å². The normalized spacial score (nSPS) is 24.0. The van der Waals surface area contributed by atoms with Gasteiger partial charge in [0.2, 0.25) is 0 Å². The topological polar surface area (TPSA) is 61.8 Å². The Morgan fingerprint density at radius 1 is 1.14 bits per heavy atom. The van der Waals surface area contributed by atoms with Crippen LogP contribution in [-0.4, -0.2) is 30.9 Å². The fourth-order valence-electron chi connectivity index (χ4n) is 2.83. The molecule has 0 N–H and O–H groups in total. The minimum atomic E-state index is -3.59. The molecule has 0 amide bonds. The van der Waals surface area contributed by atoms with Gasteiger partial charge < -0.3 is 13.8 Å². The van der Waals surface area contributed by atoms with E-state index in [9.17, 15) is 9.36 Å². The molecule has 1 aliphatic rings. The lowest BCUT2D eigenvalue weighted by atomic mass is 10.1. The van der Waals surface area contributed by atoms with Crippen molar-refractivity contribution in [2.75, 3.05) is 19.8 Å².